The van der Waals surface area contributed by atoms with E-state index >= 15 is 0 Å². The molecule has 150 valence electrons. The highest BCUT2D eigenvalue weighted by Crippen LogP contribution is 2.33. The second kappa shape index (κ2) is 7.47. The van der Waals surface area contributed by atoms with Crippen molar-refractivity contribution in [3.8, 4) is 11.5 Å². The van der Waals surface area contributed by atoms with Gasteiger partial charge in [0.25, 0.3) is 5.91 Å². The van der Waals surface area contributed by atoms with E-state index in [0.29, 0.717) is 39.7 Å². The Morgan fingerprint density at radius 1 is 1.14 bits per heavy atom. The number of fused-ring (bicyclic) bond motifs is 3. The molecular formula is C23H24ClN3O2. The van der Waals surface area contributed by atoms with Gasteiger partial charge < -0.3 is 14.6 Å². The standard InChI is InChI=1S/C23H24ClN3O2/c1-27-17-4-2-5-18(27)13-16(12-17)25-22(28)19-6-3-7-20-21(19)29-23(26-20)14-8-10-15(24)11-9-14/h3,6-11,16-18H,2,4-5,12-13H2,1H3,(H,25,28)/t16?,17-,18+. The molecule has 5 nitrogen and oxygen atoms in total. The highest BCUT2D eigenvalue weighted by atomic mass is 35.5. The molecule has 1 amide bonds. The molecule has 3 atom stereocenters. The van der Waals surface area contributed by atoms with Crippen molar-refractivity contribution >= 4 is 28.6 Å². The van der Waals surface area contributed by atoms with Crippen LogP contribution < -0.4 is 5.32 Å². The van der Waals surface area contributed by atoms with Gasteiger partial charge in [-0.05, 0) is 69.1 Å². The van der Waals surface area contributed by atoms with E-state index in [0.717, 1.165) is 18.4 Å². The number of amides is 1. The number of oxazole rings is 1. The van der Waals surface area contributed by atoms with Gasteiger partial charge in [-0.25, -0.2) is 4.98 Å². The van der Waals surface area contributed by atoms with Crippen LogP contribution in [0.25, 0.3) is 22.6 Å². The summed E-state index contributed by atoms with van der Waals surface area (Å²) in [5.74, 6) is 0.410. The van der Waals surface area contributed by atoms with E-state index < -0.39 is 0 Å². The Balaban J connectivity index is 1.39. The highest BCUT2D eigenvalue weighted by Gasteiger charge is 2.36. The quantitative estimate of drug-likeness (QED) is 0.668. The fourth-order valence-corrected chi connectivity index (χ4v) is 4.97. The topological polar surface area (TPSA) is 58.4 Å². The van der Waals surface area contributed by atoms with Crippen LogP contribution in [0.4, 0.5) is 0 Å². The summed E-state index contributed by atoms with van der Waals surface area (Å²) in [7, 11) is 2.22. The number of piperidine rings is 2. The molecule has 3 aromatic rings. The van der Waals surface area contributed by atoms with Crippen LogP contribution >= 0.6 is 11.6 Å². The Morgan fingerprint density at radius 2 is 1.86 bits per heavy atom. The molecule has 2 bridgehead atoms. The van der Waals surface area contributed by atoms with E-state index in [1.807, 2.05) is 30.3 Å². The first-order valence-electron chi connectivity index (χ1n) is 10.3. The number of hydrogen-bond donors (Lipinski definition) is 1. The number of halogens is 1. The van der Waals surface area contributed by atoms with Gasteiger partial charge in [0.1, 0.15) is 5.52 Å². The molecular weight excluding hydrogens is 386 g/mol. The summed E-state index contributed by atoms with van der Waals surface area (Å²) in [6.45, 7) is 0. The third kappa shape index (κ3) is 3.53. The minimum atomic E-state index is -0.0815. The Bertz CT molecular complexity index is 1030. The highest BCUT2D eigenvalue weighted by molar-refractivity contribution is 6.30. The molecule has 2 aromatic carbocycles. The van der Waals surface area contributed by atoms with Crippen LogP contribution in [0.1, 0.15) is 42.5 Å². The molecule has 5 rings (SSSR count). The number of rotatable bonds is 3. The Hall–Kier alpha value is -2.37. The zero-order valence-corrected chi connectivity index (χ0v) is 17.2. The zero-order chi connectivity index (χ0) is 20.0. The third-order valence-electron chi connectivity index (χ3n) is 6.43. The van der Waals surface area contributed by atoms with Crippen molar-refractivity contribution in [1.82, 2.24) is 15.2 Å². The largest absolute Gasteiger partial charge is 0.435 e. The van der Waals surface area contributed by atoms with Gasteiger partial charge in [0.2, 0.25) is 5.89 Å². The number of nitrogens with one attached hydrogen (secondary N) is 1. The minimum Gasteiger partial charge on any atom is -0.435 e. The van der Waals surface area contributed by atoms with E-state index in [-0.39, 0.29) is 11.9 Å². The van der Waals surface area contributed by atoms with E-state index in [1.54, 1.807) is 12.1 Å². The van der Waals surface area contributed by atoms with Crippen LogP contribution in [0.2, 0.25) is 5.02 Å². The van der Waals surface area contributed by atoms with E-state index in [9.17, 15) is 4.79 Å². The van der Waals surface area contributed by atoms with Crippen LogP contribution in [0.15, 0.2) is 46.9 Å². The van der Waals surface area contributed by atoms with Gasteiger partial charge in [0.05, 0.1) is 5.56 Å². The van der Waals surface area contributed by atoms with Crippen molar-refractivity contribution in [2.45, 2.75) is 50.2 Å². The first kappa shape index (κ1) is 18.6. The summed E-state index contributed by atoms with van der Waals surface area (Å²) in [6.07, 6.45) is 5.77. The molecule has 2 saturated heterocycles. The Morgan fingerprint density at radius 3 is 2.59 bits per heavy atom. The molecule has 0 aliphatic carbocycles. The summed E-state index contributed by atoms with van der Waals surface area (Å²) in [5.41, 5.74) is 2.59. The van der Waals surface area contributed by atoms with Crippen LogP contribution in [-0.2, 0) is 0 Å². The van der Waals surface area contributed by atoms with Crippen LogP contribution in [0.3, 0.4) is 0 Å². The molecule has 1 aromatic heterocycles. The summed E-state index contributed by atoms with van der Waals surface area (Å²) in [6, 6.07) is 14.2. The first-order valence-corrected chi connectivity index (χ1v) is 10.6. The van der Waals surface area contributed by atoms with Crippen LogP contribution in [0, 0.1) is 0 Å². The van der Waals surface area contributed by atoms with Crippen LogP contribution in [-0.4, -0.2) is 41.0 Å². The lowest BCUT2D eigenvalue weighted by molar-refractivity contribution is 0.0463. The molecule has 0 spiro atoms. The Labute approximate surface area is 175 Å². The predicted octanol–water partition coefficient (Wildman–Crippen LogP) is 4.89. The van der Waals surface area contributed by atoms with Crippen molar-refractivity contribution in [1.29, 1.82) is 0 Å². The van der Waals surface area contributed by atoms with Gasteiger partial charge >= 0.3 is 0 Å². The number of hydrogen-bond acceptors (Lipinski definition) is 4. The van der Waals surface area contributed by atoms with Crippen molar-refractivity contribution in [2.75, 3.05) is 7.05 Å². The zero-order valence-electron chi connectivity index (χ0n) is 16.4. The summed E-state index contributed by atoms with van der Waals surface area (Å²) in [5, 5.41) is 3.92. The molecule has 0 saturated carbocycles. The predicted molar refractivity (Wildman–Crippen MR) is 114 cm³/mol. The van der Waals surface area contributed by atoms with Gasteiger partial charge in [-0.1, -0.05) is 24.1 Å². The average molecular weight is 410 g/mol. The SMILES string of the molecule is CN1[C@@H]2CCC[C@H]1CC(NC(=O)c1cccc3nc(-c4ccc(Cl)cc4)oc13)C2. The second-order valence-corrected chi connectivity index (χ2v) is 8.66. The monoisotopic (exact) mass is 409 g/mol. The molecule has 1 N–H and O–H groups in total. The lowest BCUT2D eigenvalue weighted by atomic mass is 9.82. The molecule has 29 heavy (non-hydrogen) atoms. The van der Waals surface area contributed by atoms with E-state index in [4.69, 9.17) is 16.0 Å². The summed E-state index contributed by atoms with van der Waals surface area (Å²) < 4.78 is 6.00. The number of carbonyl (C=O) groups excluding carboxylic acids is 1. The maximum Gasteiger partial charge on any atom is 0.255 e. The number of aromatic nitrogens is 1. The lowest BCUT2D eigenvalue weighted by Crippen LogP contribution is -2.55. The molecule has 6 heteroatoms. The van der Waals surface area contributed by atoms with Gasteiger partial charge in [0.15, 0.2) is 5.58 Å². The third-order valence-corrected chi connectivity index (χ3v) is 6.68. The number of nitrogens with zero attached hydrogens (tertiary/aromatic N) is 2. The maximum absolute atomic E-state index is 13.1. The van der Waals surface area contributed by atoms with Crippen molar-refractivity contribution in [3.63, 3.8) is 0 Å². The molecule has 0 radical (unpaired) electrons. The van der Waals surface area contributed by atoms with Gasteiger partial charge in [-0.2, -0.15) is 0 Å². The molecule has 3 heterocycles. The number of carbonyl (C=O) groups is 1. The van der Waals surface area contributed by atoms with E-state index in [2.05, 4.69) is 22.2 Å². The van der Waals surface area contributed by atoms with Gasteiger partial charge in [-0.15, -0.1) is 0 Å². The smallest absolute Gasteiger partial charge is 0.255 e. The molecule has 2 aliphatic heterocycles. The number of para-hydroxylation sites is 1. The van der Waals surface area contributed by atoms with Crippen molar-refractivity contribution < 1.29 is 9.21 Å². The second-order valence-electron chi connectivity index (χ2n) is 8.23. The number of benzene rings is 2. The molecule has 2 fully saturated rings. The summed E-state index contributed by atoms with van der Waals surface area (Å²) >= 11 is 5.97. The molecule has 1 unspecified atom stereocenters. The van der Waals surface area contributed by atoms with Gasteiger partial charge in [-0.3, -0.25) is 4.79 Å². The lowest BCUT2D eigenvalue weighted by Gasteiger charge is -2.47. The maximum atomic E-state index is 13.1. The minimum absolute atomic E-state index is 0.0815. The summed E-state index contributed by atoms with van der Waals surface area (Å²) in [4.78, 5) is 20.2. The average Bonchev–Trinajstić information content (AvgIpc) is 3.13. The fraction of sp³-hybridized carbons (Fsp3) is 0.391. The first-order chi connectivity index (χ1) is 14.1. The fourth-order valence-electron chi connectivity index (χ4n) is 4.84. The van der Waals surface area contributed by atoms with Crippen LogP contribution in [0.5, 0.6) is 0 Å². The Kier molecular flexibility index (Phi) is 4.80. The molecule has 2 aliphatic rings. The van der Waals surface area contributed by atoms with Crippen molar-refractivity contribution in [3.05, 3.63) is 53.1 Å². The van der Waals surface area contributed by atoms with Crippen molar-refractivity contribution in [2.24, 2.45) is 0 Å². The van der Waals surface area contributed by atoms with Gasteiger partial charge in [0, 0.05) is 28.7 Å². The normalized spacial score (nSPS) is 24.6. The van der Waals surface area contributed by atoms with E-state index in [1.165, 1.54) is 19.3 Å².